The van der Waals surface area contributed by atoms with E-state index in [1.807, 2.05) is 0 Å². The van der Waals surface area contributed by atoms with Gasteiger partial charge in [-0.1, -0.05) is 110 Å². The van der Waals surface area contributed by atoms with Gasteiger partial charge in [0.05, 0.1) is 19.1 Å². The highest BCUT2D eigenvalue weighted by atomic mass is 16.5. The number of aliphatic hydroxyl groups is 1. The molecule has 0 heterocycles. The summed E-state index contributed by atoms with van der Waals surface area (Å²) in [5.74, 6) is 0.188. The zero-order chi connectivity index (χ0) is 24.7. The number of ether oxygens (including phenoxy) is 1. The molecule has 0 aromatic carbocycles. The third-order valence-corrected chi connectivity index (χ3v) is 7.71. The molecule has 0 bridgehead atoms. The fraction of sp³-hybridized carbons (Fsp3) is 0.967. The van der Waals surface area contributed by atoms with Gasteiger partial charge in [0, 0.05) is 12.6 Å². The first-order valence-corrected chi connectivity index (χ1v) is 15.2. The van der Waals surface area contributed by atoms with Crippen LogP contribution in [-0.4, -0.2) is 48.3 Å². The van der Waals surface area contributed by atoms with Crippen molar-refractivity contribution in [3.63, 3.8) is 0 Å². The number of rotatable bonds is 25. The van der Waals surface area contributed by atoms with Crippen molar-refractivity contribution in [2.45, 2.75) is 155 Å². The number of carbonyl (C=O) groups excluding carboxylic acids is 1. The lowest BCUT2D eigenvalue weighted by Crippen LogP contribution is -2.42. The van der Waals surface area contributed by atoms with Crippen LogP contribution in [0.5, 0.6) is 0 Å². The first-order chi connectivity index (χ1) is 16.7. The van der Waals surface area contributed by atoms with Crippen molar-refractivity contribution in [1.29, 1.82) is 0 Å². The standard InChI is InChI=1S/C30H59NO3/c1-3-5-7-9-11-15-20-28(21-16-12-10-8-6-4-2)30(33)34-27-18-14-13-17-24-31(25-26-32)29-22-19-23-29/h28-29,32H,3-27H2,1-2H3. The number of hydrogen-bond donors (Lipinski definition) is 1. The molecule has 34 heavy (non-hydrogen) atoms. The van der Waals surface area contributed by atoms with Crippen LogP contribution in [-0.2, 0) is 9.53 Å². The van der Waals surface area contributed by atoms with E-state index in [0.29, 0.717) is 12.6 Å². The fourth-order valence-corrected chi connectivity index (χ4v) is 5.14. The third kappa shape index (κ3) is 16.1. The summed E-state index contributed by atoms with van der Waals surface area (Å²) in [7, 11) is 0. The molecule has 1 rings (SSSR count). The molecule has 0 saturated heterocycles. The molecule has 0 amide bonds. The molecule has 0 aliphatic heterocycles. The van der Waals surface area contributed by atoms with Crippen LogP contribution in [0.25, 0.3) is 0 Å². The normalized spacial score (nSPS) is 14.1. The Morgan fingerprint density at radius 3 is 1.82 bits per heavy atom. The molecule has 0 radical (unpaired) electrons. The molecule has 1 fully saturated rings. The van der Waals surface area contributed by atoms with Crippen LogP contribution in [0.4, 0.5) is 0 Å². The Balaban J connectivity index is 2.18. The number of nitrogens with zero attached hydrogens (tertiary/aromatic N) is 1. The summed E-state index contributed by atoms with van der Waals surface area (Å²) in [6, 6.07) is 0.711. The maximum atomic E-state index is 12.8. The lowest BCUT2D eigenvalue weighted by Gasteiger charge is -2.37. The topological polar surface area (TPSA) is 49.8 Å². The molecule has 1 aliphatic rings. The van der Waals surface area contributed by atoms with Gasteiger partial charge in [-0.2, -0.15) is 0 Å². The van der Waals surface area contributed by atoms with Crippen molar-refractivity contribution < 1.29 is 14.6 Å². The van der Waals surface area contributed by atoms with Crippen molar-refractivity contribution in [1.82, 2.24) is 4.90 Å². The first-order valence-electron chi connectivity index (χ1n) is 15.2. The Bertz CT molecular complexity index is 436. The number of unbranched alkanes of at least 4 members (excludes halogenated alkanes) is 13. The van der Waals surface area contributed by atoms with Gasteiger partial charge in [0.2, 0.25) is 0 Å². The largest absolute Gasteiger partial charge is 0.465 e. The highest BCUT2D eigenvalue weighted by molar-refractivity contribution is 5.72. The highest BCUT2D eigenvalue weighted by Crippen LogP contribution is 2.25. The number of esters is 1. The molecular formula is C30H59NO3. The van der Waals surface area contributed by atoms with E-state index in [2.05, 4.69) is 18.7 Å². The minimum Gasteiger partial charge on any atom is -0.465 e. The Labute approximate surface area is 212 Å². The van der Waals surface area contributed by atoms with Crippen molar-refractivity contribution >= 4 is 5.97 Å². The van der Waals surface area contributed by atoms with E-state index in [1.165, 1.54) is 109 Å². The lowest BCUT2D eigenvalue weighted by molar-refractivity contribution is -0.149. The van der Waals surface area contributed by atoms with E-state index >= 15 is 0 Å². The van der Waals surface area contributed by atoms with Gasteiger partial charge in [-0.15, -0.1) is 0 Å². The molecule has 0 aromatic rings. The molecular weight excluding hydrogens is 422 g/mol. The molecule has 4 nitrogen and oxygen atoms in total. The maximum Gasteiger partial charge on any atom is 0.308 e. The van der Waals surface area contributed by atoms with E-state index in [1.54, 1.807) is 0 Å². The molecule has 0 atom stereocenters. The first kappa shape index (κ1) is 31.4. The van der Waals surface area contributed by atoms with E-state index < -0.39 is 0 Å². The van der Waals surface area contributed by atoms with Crippen LogP contribution >= 0.6 is 0 Å². The molecule has 0 aromatic heterocycles. The molecule has 202 valence electrons. The summed E-state index contributed by atoms with van der Waals surface area (Å²) in [6.07, 6.45) is 25.8. The molecule has 0 spiro atoms. The second-order valence-electron chi connectivity index (χ2n) is 10.7. The van der Waals surface area contributed by atoms with Gasteiger partial charge in [0.15, 0.2) is 0 Å². The zero-order valence-corrected chi connectivity index (χ0v) is 23.0. The molecule has 0 unspecified atom stereocenters. The van der Waals surface area contributed by atoms with Gasteiger partial charge in [-0.25, -0.2) is 0 Å². The van der Waals surface area contributed by atoms with E-state index in [0.717, 1.165) is 38.8 Å². The van der Waals surface area contributed by atoms with Crippen molar-refractivity contribution in [2.24, 2.45) is 5.92 Å². The second-order valence-corrected chi connectivity index (χ2v) is 10.7. The van der Waals surface area contributed by atoms with Crippen molar-refractivity contribution in [3.8, 4) is 0 Å². The molecule has 1 aliphatic carbocycles. The molecule has 1 N–H and O–H groups in total. The minimum atomic E-state index is 0.0706. The molecule has 1 saturated carbocycles. The zero-order valence-electron chi connectivity index (χ0n) is 23.0. The monoisotopic (exact) mass is 481 g/mol. The predicted octanol–water partition coefficient (Wildman–Crippen LogP) is 8.05. The average molecular weight is 482 g/mol. The van der Waals surface area contributed by atoms with Crippen LogP contribution in [0.2, 0.25) is 0 Å². The van der Waals surface area contributed by atoms with E-state index in [-0.39, 0.29) is 18.5 Å². The smallest absolute Gasteiger partial charge is 0.308 e. The quantitative estimate of drug-likeness (QED) is 0.106. The van der Waals surface area contributed by atoms with Crippen LogP contribution in [0.15, 0.2) is 0 Å². The summed E-state index contributed by atoms with van der Waals surface area (Å²) in [6.45, 7) is 7.29. The number of hydrogen-bond acceptors (Lipinski definition) is 4. The lowest BCUT2D eigenvalue weighted by atomic mass is 9.91. The Morgan fingerprint density at radius 2 is 1.29 bits per heavy atom. The summed E-state index contributed by atoms with van der Waals surface area (Å²) in [4.78, 5) is 15.3. The summed E-state index contributed by atoms with van der Waals surface area (Å²) in [5.41, 5.74) is 0. The van der Waals surface area contributed by atoms with Gasteiger partial charge < -0.3 is 9.84 Å². The van der Waals surface area contributed by atoms with Crippen molar-refractivity contribution in [2.75, 3.05) is 26.3 Å². The average Bonchev–Trinajstić information content (AvgIpc) is 2.80. The van der Waals surface area contributed by atoms with Crippen LogP contribution in [0, 0.1) is 5.92 Å². The SMILES string of the molecule is CCCCCCCCC(CCCCCCCC)C(=O)OCCCCCCN(CCO)C1CCC1. The van der Waals surface area contributed by atoms with E-state index in [9.17, 15) is 9.90 Å². The minimum absolute atomic E-state index is 0.0706. The Morgan fingerprint density at radius 1 is 0.765 bits per heavy atom. The van der Waals surface area contributed by atoms with Crippen LogP contribution in [0.1, 0.15) is 149 Å². The van der Waals surface area contributed by atoms with Gasteiger partial charge in [-0.3, -0.25) is 9.69 Å². The predicted molar refractivity (Wildman–Crippen MR) is 145 cm³/mol. The summed E-state index contributed by atoms with van der Waals surface area (Å²) in [5, 5.41) is 9.29. The van der Waals surface area contributed by atoms with Gasteiger partial charge in [0.1, 0.15) is 0 Å². The second kappa shape index (κ2) is 22.8. The third-order valence-electron chi connectivity index (χ3n) is 7.71. The van der Waals surface area contributed by atoms with Gasteiger partial charge >= 0.3 is 5.97 Å². The van der Waals surface area contributed by atoms with Crippen LogP contribution < -0.4 is 0 Å². The maximum absolute atomic E-state index is 12.8. The number of aliphatic hydroxyl groups excluding tert-OH is 1. The van der Waals surface area contributed by atoms with Gasteiger partial charge in [0.25, 0.3) is 0 Å². The Kier molecular flexibility index (Phi) is 21.1. The van der Waals surface area contributed by atoms with Crippen molar-refractivity contribution in [3.05, 3.63) is 0 Å². The fourth-order valence-electron chi connectivity index (χ4n) is 5.14. The van der Waals surface area contributed by atoms with Crippen LogP contribution in [0.3, 0.4) is 0 Å². The Hall–Kier alpha value is -0.610. The number of carbonyl (C=O) groups is 1. The van der Waals surface area contributed by atoms with E-state index in [4.69, 9.17) is 4.74 Å². The van der Waals surface area contributed by atoms with Gasteiger partial charge in [-0.05, 0) is 45.1 Å². The molecule has 4 heteroatoms. The summed E-state index contributed by atoms with van der Waals surface area (Å²) >= 11 is 0. The summed E-state index contributed by atoms with van der Waals surface area (Å²) < 4.78 is 5.74. The highest BCUT2D eigenvalue weighted by Gasteiger charge is 2.23.